The number of para-hydroxylation sites is 1. The highest BCUT2D eigenvalue weighted by atomic mass is 32.1. The van der Waals surface area contributed by atoms with Crippen LogP contribution in [0.25, 0.3) is 21.1 Å². The van der Waals surface area contributed by atoms with Crippen LogP contribution in [-0.4, -0.2) is 27.8 Å². The summed E-state index contributed by atoms with van der Waals surface area (Å²) in [6.45, 7) is 2.12. The molecule has 9 heteroatoms. The van der Waals surface area contributed by atoms with Crippen molar-refractivity contribution in [3.05, 3.63) is 74.8 Å². The standard InChI is InChI=1S/C22H20N4O3S2/c1-14-19(31-22(24-14)18-8-5-11-30-18)12-23-20(27)13-26-21(28)10-9-16(25-26)15-6-3-4-7-17(15)29-2/h3-11H,12-13H2,1-2H3,(H,23,27). The molecule has 0 bridgehead atoms. The molecule has 0 aliphatic carbocycles. The topological polar surface area (TPSA) is 86.1 Å². The van der Waals surface area contributed by atoms with Gasteiger partial charge in [0.2, 0.25) is 5.91 Å². The Morgan fingerprint density at radius 3 is 2.77 bits per heavy atom. The lowest BCUT2D eigenvalue weighted by Gasteiger charge is -2.10. The van der Waals surface area contributed by atoms with Gasteiger partial charge in [0.25, 0.3) is 5.56 Å². The largest absolute Gasteiger partial charge is 0.496 e. The molecule has 0 unspecified atom stereocenters. The molecule has 7 nitrogen and oxygen atoms in total. The zero-order valence-electron chi connectivity index (χ0n) is 17.0. The van der Waals surface area contributed by atoms with Gasteiger partial charge in [0, 0.05) is 16.5 Å². The van der Waals surface area contributed by atoms with E-state index in [9.17, 15) is 9.59 Å². The van der Waals surface area contributed by atoms with Crippen molar-refractivity contribution in [3.63, 3.8) is 0 Å². The number of thiophene rings is 1. The number of benzene rings is 1. The van der Waals surface area contributed by atoms with Gasteiger partial charge in [0.15, 0.2) is 0 Å². The molecule has 3 aromatic heterocycles. The van der Waals surface area contributed by atoms with E-state index in [1.54, 1.807) is 35.8 Å². The molecule has 1 amide bonds. The number of carbonyl (C=O) groups is 1. The first-order valence-corrected chi connectivity index (χ1v) is 11.2. The molecule has 3 heterocycles. The van der Waals surface area contributed by atoms with Crippen molar-refractivity contribution in [2.24, 2.45) is 0 Å². The number of rotatable bonds is 7. The van der Waals surface area contributed by atoms with Gasteiger partial charge in [-0.05, 0) is 36.6 Å². The molecule has 0 saturated carbocycles. The first-order chi connectivity index (χ1) is 15.0. The predicted molar refractivity (Wildman–Crippen MR) is 122 cm³/mol. The summed E-state index contributed by atoms with van der Waals surface area (Å²) >= 11 is 3.19. The number of ether oxygens (including phenoxy) is 1. The minimum atomic E-state index is -0.345. The van der Waals surface area contributed by atoms with E-state index < -0.39 is 0 Å². The number of aromatic nitrogens is 3. The molecular formula is C22H20N4O3S2. The summed E-state index contributed by atoms with van der Waals surface area (Å²) in [5, 5.41) is 10.2. The van der Waals surface area contributed by atoms with Crippen molar-refractivity contribution in [2.45, 2.75) is 20.0 Å². The van der Waals surface area contributed by atoms with Crippen LogP contribution in [-0.2, 0) is 17.9 Å². The minimum absolute atomic E-state index is 0.169. The van der Waals surface area contributed by atoms with Gasteiger partial charge in [-0.15, -0.1) is 22.7 Å². The summed E-state index contributed by atoms with van der Waals surface area (Å²) in [5.41, 5.74) is 1.86. The Bertz CT molecular complexity index is 1260. The smallest absolute Gasteiger partial charge is 0.267 e. The minimum Gasteiger partial charge on any atom is -0.496 e. The molecule has 31 heavy (non-hydrogen) atoms. The second-order valence-electron chi connectivity index (χ2n) is 6.70. The lowest BCUT2D eigenvalue weighted by Crippen LogP contribution is -2.33. The summed E-state index contributed by atoms with van der Waals surface area (Å²) in [4.78, 5) is 31.4. The van der Waals surface area contributed by atoms with Gasteiger partial charge in [0.05, 0.1) is 29.9 Å². The van der Waals surface area contributed by atoms with Gasteiger partial charge in [-0.2, -0.15) is 5.10 Å². The fraction of sp³-hybridized carbons (Fsp3) is 0.182. The quantitative estimate of drug-likeness (QED) is 0.462. The van der Waals surface area contributed by atoms with Gasteiger partial charge in [0.1, 0.15) is 17.3 Å². The van der Waals surface area contributed by atoms with Crippen LogP contribution in [0.3, 0.4) is 0 Å². The normalized spacial score (nSPS) is 10.8. The highest BCUT2D eigenvalue weighted by Gasteiger charge is 2.13. The van der Waals surface area contributed by atoms with Crippen molar-refractivity contribution in [3.8, 4) is 26.9 Å². The monoisotopic (exact) mass is 452 g/mol. The van der Waals surface area contributed by atoms with Gasteiger partial charge < -0.3 is 10.1 Å². The van der Waals surface area contributed by atoms with Crippen molar-refractivity contribution < 1.29 is 9.53 Å². The van der Waals surface area contributed by atoms with Crippen LogP contribution in [0.1, 0.15) is 10.6 Å². The SMILES string of the molecule is COc1ccccc1-c1ccc(=O)n(CC(=O)NCc2sc(-c3cccs3)nc2C)n1. The van der Waals surface area contributed by atoms with E-state index in [4.69, 9.17) is 4.74 Å². The predicted octanol–water partition coefficient (Wildman–Crippen LogP) is 3.73. The molecule has 4 rings (SSSR count). The number of carbonyl (C=O) groups excluding carboxylic acids is 1. The molecule has 0 radical (unpaired) electrons. The Morgan fingerprint density at radius 2 is 2.00 bits per heavy atom. The van der Waals surface area contributed by atoms with Crippen molar-refractivity contribution in [1.82, 2.24) is 20.1 Å². The first-order valence-electron chi connectivity index (χ1n) is 9.53. The van der Waals surface area contributed by atoms with E-state index in [1.807, 2.05) is 48.7 Å². The molecule has 1 N–H and O–H groups in total. The van der Waals surface area contributed by atoms with Crippen LogP contribution < -0.4 is 15.6 Å². The number of methoxy groups -OCH3 is 1. The third-order valence-electron chi connectivity index (χ3n) is 4.61. The van der Waals surface area contributed by atoms with E-state index in [-0.39, 0.29) is 18.0 Å². The van der Waals surface area contributed by atoms with Crippen LogP contribution in [0.4, 0.5) is 0 Å². The van der Waals surface area contributed by atoms with Gasteiger partial charge in [-0.1, -0.05) is 18.2 Å². The van der Waals surface area contributed by atoms with E-state index in [1.165, 1.54) is 6.07 Å². The van der Waals surface area contributed by atoms with Gasteiger partial charge >= 0.3 is 0 Å². The lowest BCUT2D eigenvalue weighted by atomic mass is 10.1. The highest BCUT2D eigenvalue weighted by Crippen LogP contribution is 2.31. The summed E-state index contributed by atoms with van der Waals surface area (Å²) in [5.74, 6) is 0.351. The zero-order valence-corrected chi connectivity index (χ0v) is 18.6. The molecule has 0 aliphatic rings. The summed E-state index contributed by atoms with van der Waals surface area (Å²) in [6, 6.07) is 14.4. The summed E-state index contributed by atoms with van der Waals surface area (Å²) in [7, 11) is 1.58. The number of nitrogens with zero attached hydrogens (tertiary/aromatic N) is 3. The number of aryl methyl sites for hydroxylation is 1. The number of amides is 1. The highest BCUT2D eigenvalue weighted by molar-refractivity contribution is 7.21. The maximum Gasteiger partial charge on any atom is 0.267 e. The fourth-order valence-electron chi connectivity index (χ4n) is 3.03. The lowest BCUT2D eigenvalue weighted by molar-refractivity contribution is -0.122. The first kappa shape index (κ1) is 21.0. The maximum absolute atomic E-state index is 12.5. The molecule has 0 atom stereocenters. The molecule has 4 aromatic rings. The Balaban J connectivity index is 1.46. The summed E-state index contributed by atoms with van der Waals surface area (Å²) in [6.07, 6.45) is 0. The van der Waals surface area contributed by atoms with Crippen LogP contribution in [0.15, 0.2) is 58.7 Å². The Labute approximate surface area is 187 Å². The number of nitrogens with one attached hydrogen (secondary N) is 1. The van der Waals surface area contributed by atoms with Crippen molar-refractivity contribution in [2.75, 3.05) is 7.11 Å². The number of hydrogen-bond donors (Lipinski definition) is 1. The molecule has 1 aromatic carbocycles. The second-order valence-corrected chi connectivity index (χ2v) is 8.73. The molecule has 0 fully saturated rings. The third kappa shape index (κ3) is 4.73. The average molecular weight is 453 g/mol. The molecule has 0 spiro atoms. The molecule has 158 valence electrons. The maximum atomic E-state index is 12.5. The van der Waals surface area contributed by atoms with Crippen LogP contribution in [0.2, 0.25) is 0 Å². The average Bonchev–Trinajstić information content (AvgIpc) is 3.44. The molecule has 0 saturated heterocycles. The van der Waals surface area contributed by atoms with Crippen molar-refractivity contribution in [1.29, 1.82) is 0 Å². The van der Waals surface area contributed by atoms with E-state index in [0.29, 0.717) is 18.0 Å². The molecular weight excluding hydrogens is 432 g/mol. The van der Waals surface area contributed by atoms with E-state index in [2.05, 4.69) is 15.4 Å². The number of thiazole rings is 1. The van der Waals surface area contributed by atoms with Crippen LogP contribution >= 0.6 is 22.7 Å². The Kier molecular flexibility index (Phi) is 6.24. The number of hydrogen-bond acceptors (Lipinski definition) is 7. The van der Waals surface area contributed by atoms with Crippen LogP contribution in [0.5, 0.6) is 5.75 Å². The van der Waals surface area contributed by atoms with Crippen molar-refractivity contribution >= 4 is 28.6 Å². The second kappa shape index (κ2) is 9.23. The van der Waals surface area contributed by atoms with Gasteiger partial charge in [-0.25, -0.2) is 9.67 Å². The zero-order chi connectivity index (χ0) is 21.8. The molecule has 0 aliphatic heterocycles. The third-order valence-corrected chi connectivity index (χ3v) is 6.81. The van der Waals surface area contributed by atoms with Crippen LogP contribution in [0, 0.1) is 6.92 Å². The van der Waals surface area contributed by atoms with E-state index in [0.717, 1.165) is 30.7 Å². The Hall–Kier alpha value is -3.30. The Morgan fingerprint density at radius 1 is 1.16 bits per heavy atom. The summed E-state index contributed by atoms with van der Waals surface area (Å²) < 4.78 is 6.53. The van der Waals surface area contributed by atoms with E-state index >= 15 is 0 Å². The van der Waals surface area contributed by atoms with Gasteiger partial charge in [-0.3, -0.25) is 9.59 Å². The fourth-order valence-corrected chi connectivity index (χ4v) is 4.83.